The van der Waals surface area contributed by atoms with Gasteiger partial charge in [0.15, 0.2) is 6.17 Å². The van der Waals surface area contributed by atoms with Crippen molar-refractivity contribution in [3.63, 3.8) is 0 Å². The standard InChI is InChI=1S/C48H34N4O3/c1-53-48(54-2)37-22-11-9-20-33(37)35-27-36-40(28-38(35)48)52(39-24-25-42-44(43(36)39)34-21-10-12-23-41(34)55-42)32-19-13-18-31(26-32)47-50-45(29-14-5-3-6-15-29)49-46(51-47)30-16-7-4-8-17-30/h3-28,47H,1-2H3,(H,49,50,51). The number of benzene rings is 7. The Balaban J connectivity index is 1.18. The van der Waals surface area contributed by atoms with Crippen LogP contribution < -0.4 is 5.32 Å². The summed E-state index contributed by atoms with van der Waals surface area (Å²) in [5, 5.41) is 7.94. The van der Waals surface area contributed by atoms with Gasteiger partial charge in [0.05, 0.1) is 11.0 Å². The van der Waals surface area contributed by atoms with E-state index in [0.29, 0.717) is 0 Å². The second-order valence-electron chi connectivity index (χ2n) is 14.0. The highest BCUT2D eigenvalue weighted by atomic mass is 16.7. The van der Waals surface area contributed by atoms with E-state index in [1.54, 1.807) is 14.2 Å². The lowest BCUT2D eigenvalue weighted by Crippen LogP contribution is -2.36. The van der Waals surface area contributed by atoms with Gasteiger partial charge in [-0.1, -0.05) is 115 Å². The molecule has 7 aromatic carbocycles. The highest BCUT2D eigenvalue weighted by Crippen LogP contribution is 2.53. The molecule has 11 rings (SSSR count). The molecular weight excluding hydrogens is 681 g/mol. The molecule has 0 bridgehead atoms. The van der Waals surface area contributed by atoms with Crippen LogP contribution in [0.2, 0.25) is 0 Å². The van der Waals surface area contributed by atoms with Gasteiger partial charge < -0.3 is 23.8 Å². The minimum Gasteiger partial charge on any atom is -0.456 e. The molecule has 7 heteroatoms. The van der Waals surface area contributed by atoms with Crippen LogP contribution in [0.25, 0.3) is 60.6 Å². The Morgan fingerprint density at radius 2 is 1.25 bits per heavy atom. The average molecular weight is 715 g/mol. The van der Waals surface area contributed by atoms with E-state index < -0.39 is 12.0 Å². The molecule has 0 saturated carbocycles. The number of furan rings is 1. The zero-order chi connectivity index (χ0) is 36.7. The Labute approximate surface area is 316 Å². The first-order valence-electron chi connectivity index (χ1n) is 18.4. The molecule has 1 aliphatic heterocycles. The first kappa shape index (κ1) is 31.7. The molecule has 0 spiro atoms. The quantitative estimate of drug-likeness (QED) is 0.174. The summed E-state index contributed by atoms with van der Waals surface area (Å²) in [7, 11) is 3.43. The molecule has 7 nitrogen and oxygen atoms in total. The summed E-state index contributed by atoms with van der Waals surface area (Å²) in [5.41, 5.74) is 11.9. The van der Waals surface area contributed by atoms with E-state index in [1.165, 1.54) is 0 Å². The molecule has 264 valence electrons. The molecule has 2 aliphatic rings. The van der Waals surface area contributed by atoms with E-state index in [4.69, 9.17) is 23.9 Å². The van der Waals surface area contributed by atoms with Gasteiger partial charge in [0, 0.05) is 69.3 Å². The van der Waals surface area contributed by atoms with Crippen LogP contribution in [0.15, 0.2) is 172 Å². The molecule has 0 atom stereocenters. The number of hydrogen-bond acceptors (Lipinski definition) is 6. The summed E-state index contributed by atoms with van der Waals surface area (Å²) in [6.45, 7) is 0. The summed E-state index contributed by atoms with van der Waals surface area (Å²) in [6.07, 6.45) is -0.474. The molecule has 0 amide bonds. The Morgan fingerprint density at radius 3 is 2.00 bits per heavy atom. The Bertz CT molecular complexity index is 2990. The Morgan fingerprint density at radius 1 is 0.564 bits per heavy atom. The molecule has 9 aromatic rings. The third-order valence-electron chi connectivity index (χ3n) is 11.2. The fourth-order valence-corrected chi connectivity index (χ4v) is 8.72. The number of aliphatic imine (C=N–C) groups is 2. The van der Waals surface area contributed by atoms with Crippen LogP contribution in [0.5, 0.6) is 0 Å². The average Bonchev–Trinajstić information content (AvgIpc) is 3.89. The minimum atomic E-state index is -1.05. The van der Waals surface area contributed by atoms with Gasteiger partial charge in [0.2, 0.25) is 5.79 Å². The lowest BCUT2D eigenvalue weighted by molar-refractivity contribution is -0.180. The molecule has 0 fully saturated rings. The fraction of sp³-hybridized carbons (Fsp3) is 0.0833. The zero-order valence-corrected chi connectivity index (χ0v) is 30.2. The molecule has 0 unspecified atom stereocenters. The molecular formula is C48H34N4O3. The minimum absolute atomic E-state index is 0.474. The summed E-state index contributed by atoms with van der Waals surface area (Å²) in [5.74, 6) is 0.504. The van der Waals surface area contributed by atoms with Crippen molar-refractivity contribution < 1.29 is 13.9 Å². The Kier molecular flexibility index (Phi) is 6.98. The lowest BCUT2D eigenvalue weighted by Gasteiger charge is -2.28. The summed E-state index contributed by atoms with van der Waals surface area (Å²) < 4.78 is 21.4. The number of hydrogen-bond donors (Lipinski definition) is 1. The Hall–Kier alpha value is -6.80. The van der Waals surface area contributed by atoms with Crippen molar-refractivity contribution >= 4 is 55.4 Å². The van der Waals surface area contributed by atoms with Crippen molar-refractivity contribution in [2.75, 3.05) is 14.2 Å². The van der Waals surface area contributed by atoms with Gasteiger partial charge >= 0.3 is 0 Å². The van der Waals surface area contributed by atoms with Crippen LogP contribution in [0.1, 0.15) is 34.0 Å². The normalized spacial score (nSPS) is 14.9. The van der Waals surface area contributed by atoms with Crippen LogP contribution in [0.3, 0.4) is 0 Å². The number of methoxy groups -OCH3 is 2. The van der Waals surface area contributed by atoms with E-state index in [2.05, 4.69) is 113 Å². The number of fused-ring (bicyclic) bond motifs is 10. The summed E-state index contributed by atoms with van der Waals surface area (Å²) >= 11 is 0. The van der Waals surface area contributed by atoms with Gasteiger partial charge in [-0.05, 0) is 53.6 Å². The van der Waals surface area contributed by atoms with Crippen molar-refractivity contribution in [2.45, 2.75) is 12.0 Å². The first-order valence-corrected chi connectivity index (χ1v) is 18.4. The summed E-state index contributed by atoms with van der Waals surface area (Å²) in [6, 6.07) is 54.5. The van der Waals surface area contributed by atoms with Crippen LogP contribution in [0.4, 0.5) is 0 Å². The maximum absolute atomic E-state index is 6.45. The van der Waals surface area contributed by atoms with Crippen molar-refractivity contribution in [3.8, 4) is 16.8 Å². The van der Waals surface area contributed by atoms with Crippen LogP contribution in [0, 0.1) is 0 Å². The second-order valence-corrected chi connectivity index (χ2v) is 14.0. The van der Waals surface area contributed by atoms with Crippen LogP contribution in [-0.4, -0.2) is 30.5 Å². The van der Waals surface area contributed by atoms with Crippen molar-refractivity contribution in [1.29, 1.82) is 0 Å². The number of amidine groups is 2. The molecule has 0 radical (unpaired) electrons. The van der Waals surface area contributed by atoms with Gasteiger partial charge in [-0.25, -0.2) is 9.98 Å². The lowest BCUT2D eigenvalue weighted by atomic mass is 9.99. The SMILES string of the molecule is COC1(OC)c2ccccc2-c2cc3c4c5c(ccc4n(-c4cccc(C6N=C(c7ccccc7)NC(c7ccccc7)=N6)c4)c3cc21)oc1ccccc15. The topological polar surface area (TPSA) is 73.3 Å². The number of rotatable bonds is 6. The predicted molar refractivity (Wildman–Crippen MR) is 220 cm³/mol. The molecule has 1 aliphatic carbocycles. The highest BCUT2D eigenvalue weighted by molar-refractivity contribution is 6.28. The van der Waals surface area contributed by atoms with Gasteiger partial charge in [-0.15, -0.1) is 0 Å². The van der Waals surface area contributed by atoms with Crippen molar-refractivity contribution in [1.82, 2.24) is 9.88 Å². The van der Waals surface area contributed by atoms with E-state index >= 15 is 0 Å². The smallest absolute Gasteiger partial charge is 0.223 e. The maximum Gasteiger partial charge on any atom is 0.223 e. The number of nitrogens with one attached hydrogen (secondary N) is 1. The fourth-order valence-electron chi connectivity index (χ4n) is 8.72. The molecule has 1 N–H and O–H groups in total. The largest absolute Gasteiger partial charge is 0.456 e. The third kappa shape index (κ3) is 4.64. The van der Waals surface area contributed by atoms with Gasteiger partial charge in [-0.3, -0.25) is 0 Å². The number of ether oxygens (including phenoxy) is 2. The van der Waals surface area contributed by atoms with E-state index in [0.717, 1.165) is 100 Å². The molecule has 3 heterocycles. The first-order chi connectivity index (χ1) is 27.1. The highest BCUT2D eigenvalue weighted by Gasteiger charge is 2.45. The second kappa shape index (κ2) is 12.1. The van der Waals surface area contributed by atoms with Crippen molar-refractivity contribution in [3.05, 3.63) is 186 Å². The van der Waals surface area contributed by atoms with E-state index in [9.17, 15) is 0 Å². The summed E-state index contributed by atoms with van der Waals surface area (Å²) in [4.78, 5) is 10.4. The third-order valence-corrected chi connectivity index (χ3v) is 11.2. The number of nitrogens with zero attached hydrogens (tertiary/aromatic N) is 3. The van der Waals surface area contributed by atoms with E-state index in [1.807, 2.05) is 54.6 Å². The number of aromatic nitrogens is 1. The van der Waals surface area contributed by atoms with Crippen molar-refractivity contribution in [2.24, 2.45) is 9.98 Å². The zero-order valence-electron chi connectivity index (χ0n) is 30.2. The number of para-hydroxylation sites is 1. The van der Waals surface area contributed by atoms with Gasteiger partial charge in [-0.2, -0.15) is 0 Å². The van der Waals surface area contributed by atoms with Crippen LogP contribution in [-0.2, 0) is 15.3 Å². The van der Waals surface area contributed by atoms with Gasteiger partial charge in [0.1, 0.15) is 22.8 Å². The molecule has 55 heavy (non-hydrogen) atoms. The maximum atomic E-state index is 6.45. The van der Waals surface area contributed by atoms with E-state index in [-0.39, 0.29) is 0 Å². The molecule has 0 saturated heterocycles. The molecule has 2 aromatic heterocycles. The van der Waals surface area contributed by atoms with Gasteiger partial charge in [0.25, 0.3) is 0 Å². The van der Waals surface area contributed by atoms with Crippen LogP contribution >= 0.6 is 0 Å². The predicted octanol–water partition coefficient (Wildman–Crippen LogP) is 10.7. The monoisotopic (exact) mass is 714 g/mol.